The summed E-state index contributed by atoms with van der Waals surface area (Å²) in [6, 6.07) is 5.92. The Morgan fingerprint density at radius 1 is 1.29 bits per heavy atom. The van der Waals surface area contributed by atoms with Gasteiger partial charge in [-0.25, -0.2) is 4.39 Å². The molecule has 1 atom stereocenters. The van der Waals surface area contributed by atoms with Gasteiger partial charge in [0.1, 0.15) is 5.82 Å². The molecule has 0 saturated heterocycles. The smallest absolute Gasteiger partial charge is 0.309 e. The minimum Gasteiger partial charge on any atom is -0.309 e. The van der Waals surface area contributed by atoms with Gasteiger partial charge in [0, 0.05) is 23.9 Å². The van der Waals surface area contributed by atoms with E-state index in [-0.39, 0.29) is 35.9 Å². The van der Waals surface area contributed by atoms with Gasteiger partial charge in [-0.2, -0.15) is 13.2 Å². The average molecular weight is 267 g/mol. The number of benzene rings is 1. The highest BCUT2D eigenvalue weighted by atomic mass is 32.2. The highest BCUT2D eigenvalue weighted by Gasteiger charge is 2.27. The Hall–Kier alpha value is -0.750. The van der Waals surface area contributed by atoms with Gasteiger partial charge in [-0.1, -0.05) is 18.2 Å². The molecular formula is C11H13F4NS. The molecule has 0 aliphatic heterocycles. The summed E-state index contributed by atoms with van der Waals surface area (Å²) in [7, 11) is 0. The van der Waals surface area contributed by atoms with Gasteiger partial charge in [0.15, 0.2) is 0 Å². The maximum Gasteiger partial charge on any atom is 0.441 e. The van der Waals surface area contributed by atoms with E-state index in [9.17, 15) is 17.6 Å². The molecule has 0 saturated carbocycles. The summed E-state index contributed by atoms with van der Waals surface area (Å²) in [5.74, 6) is -0.432. The lowest BCUT2D eigenvalue weighted by Gasteiger charge is -2.15. The highest BCUT2D eigenvalue weighted by Crippen LogP contribution is 2.29. The predicted molar refractivity (Wildman–Crippen MR) is 61.3 cm³/mol. The monoisotopic (exact) mass is 267 g/mol. The summed E-state index contributed by atoms with van der Waals surface area (Å²) >= 11 is -0.0813. The molecule has 1 nitrogen and oxygen atoms in total. The molecule has 17 heavy (non-hydrogen) atoms. The first-order valence-electron chi connectivity index (χ1n) is 5.08. The van der Waals surface area contributed by atoms with E-state index in [1.165, 1.54) is 6.07 Å². The normalized spacial score (nSPS) is 13.7. The maximum absolute atomic E-state index is 13.3. The Bertz CT molecular complexity index is 354. The van der Waals surface area contributed by atoms with Crippen molar-refractivity contribution in [2.24, 2.45) is 0 Å². The van der Waals surface area contributed by atoms with Gasteiger partial charge < -0.3 is 5.32 Å². The fraction of sp³-hybridized carbons (Fsp3) is 0.455. The molecule has 0 aliphatic carbocycles. The van der Waals surface area contributed by atoms with Crippen molar-refractivity contribution in [1.29, 1.82) is 0 Å². The van der Waals surface area contributed by atoms with Crippen LogP contribution in [0.3, 0.4) is 0 Å². The first-order chi connectivity index (χ1) is 7.90. The van der Waals surface area contributed by atoms with Crippen LogP contribution in [0.25, 0.3) is 0 Å². The van der Waals surface area contributed by atoms with Gasteiger partial charge in [0.05, 0.1) is 0 Å². The molecule has 96 valence electrons. The largest absolute Gasteiger partial charge is 0.441 e. The van der Waals surface area contributed by atoms with Crippen LogP contribution in [0.5, 0.6) is 0 Å². The van der Waals surface area contributed by atoms with Gasteiger partial charge in [-0.3, -0.25) is 0 Å². The van der Waals surface area contributed by atoms with Crippen molar-refractivity contribution in [3.05, 3.63) is 35.6 Å². The number of alkyl halides is 3. The van der Waals surface area contributed by atoms with Crippen LogP contribution >= 0.6 is 11.8 Å². The zero-order valence-corrected chi connectivity index (χ0v) is 10.0. The number of halogens is 4. The molecule has 0 aromatic heterocycles. The second-order valence-electron chi connectivity index (χ2n) is 3.49. The zero-order chi connectivity index (χ0) is 12.9. The van der Waals surface area contributed by atoms with Crippen molar-refractivity contribution in [3.8, 4) is 0 Å². The van der Waals surface area contributed by atoms with E-state index in [1.807, 2.05) is 0 Å². The number of thioether (sulfide) groups is 1. The molecule has 0 unspecified atom stereocenters. The van der Waals surface area contributed by atoms with Crippen molar-refractivity contribution in [2.75, 3.05) is 12.3 Å². The Kier molecular flexibility index (Phi) is 5.27. The van der Waals surface area contributed by atoms with Crippen molar-refractivity contribution in [1.82, 2.24) is 5.32 Å². The molecule has 0 heterocycles. The van der Waals surface area contributed by atoms with E-state index < -0.39 is 5.51 Å². The average Bonchev–Trinajstić information content (AvgIpc) is 2.23. The van der Waals surface area contributed by atoms with Crippen LogP contribution in [-0.4, -0.2) is 17.8 Å². The van der Waals surface area contributed by atoms with E-state index in [0.29, 0.717) is 5.56 Å². The first-order valence-corrected chi connectivity index (χ1v) is 6.07. The van der Waals surface area contributed by atoms with Crippen LogP contribution in [0, 0.1) is 5.82 Å². The van der Waals surface area contributed by atoms with Crippen LogP contribution in [0.2, 0.25) is 0 Å². The minimum atomic E-state index is -4.21. The van der Waals surface area contributed by atoms with Crippen molar-refractivity contribution < 1.29 is 17.6 Å². The highest BCUT2D eigenvalue weighted by molar-refractivity contribution is 8.00. The molecule has 1 rings (SSSR count). The third-order valence-corrected chi connectivity index (χ3v) is 2.93. The summed E-state index contributed by atoms with van der Waals surface area (Å²) in [6.07, 6.45) is 0. The van der Waals surface area contributed by atoms with Gasteiger partial charge in [0.2, 0.25) is 0 Å². The third-order valence-electron chi connectivity index (χ3n) is 2.19. The van der Waals surface area contributed by atoms with Crippen LogP contribution in [-0.2, 0) is 0 Å². The molecule has 1 aromatic carbocycles. The standard InChI is InChI=1S/C11H13F4NS/c1-8(9-4-2-3-5-10(9)12)16-6-7-17-11(13,14)15/h2-5,8,16H,6-7H2,1H3/t8-/m1/s1. The Morgan fingerprint density at radius 2 is 1.94 bits per heavy atom. The lowest BCUT2D eigenvalue weighted by Crippen LogP contribution is -2.23. The summed E-state index contributed by atoms with van der Waals surface area (Å²) in [5, 5.41) is 2.85. The van der Waals surface area contributed by atoms with E-state index in [0.717, 1.165) is 0 Å². The molecule has 0 aliphatic rings. The lowest BCUT2D eigenvalue weighted by atomic mass is 10.1. The van der Waals surface area contributed by atoms with Gasteiger partial charge >= 0.3 is 5.51 Å². The number of nitrogens with one attached hydrogen (secondary N) is 1. The molecule has 0 radical (unpaired) electrons. The summed E-state index contributed by atoms with van der Waals surface area (Å²) in [6.45, 7) is 1.90. The van der Waals surface area contributed by atoms with Crippen LogP contribution in [0.4, 0.5) is 17.6 Å². The number of hydrogen-bond donors (Lipinski definition) is 1. The summed E-state index contributed by atoms with van der Waals surface area (Å²) in [4.78, 5) is 0. The number of rotatable bonds is 5. The summed E-state index contributed by atoms with van der Waals surface area (Å²) < 4.78 is 48.8. The first kappa shape index (κ1) is 14.3. The van der Waals surface area contributed by atoms with Crippen LogP contribution in [0.15, 0.2) is 24.3 Å². The quantitative estimate of drug-likeness (QED) is 0.644. The van der Waals surface area contributed by atoms with E-state index in [2.05, 4.69) is 5.32 Å². The molecule has 0 amide bonds. The van der Waals surface area contributed by atoms with E-state index >= 15 is 0 Å². The van der Waals surface area contributed by atoms with E-state index in [1.54, 1.807) is 25.1 Å². The van der Waals surface area contributed by atoms with Gasteiger partial charge in [-0.05, 0) is 24.8 Å². The predicted octanol–water partition coefficient (Wildman–Crippen LogP) is 3.73. The Morgan fingerprint density at radius 3 is 2.53 bits per heavy atom. The lowest BCUT2D eigenvalue weighted by molar-refractivity contribution is -0.0327. The maximum atomic E-state index is 13.3. The van der Waals surface area contributed by atoms with Crippen LogP contribution < -0.4 is 5.32 Å². The molecule has 6 heteroatoms. The molecule has 1 aromatic rings. The van der Waals surface area contributed by atoms with Gasteiger partial charge in [-0.15, -0.1) is 0 Å². The molecular weight excluding hydrogens is 254 g/mol. The molecule has 0 bridgehead atoms. The SMILES string of the molecule is C[C@@H](NCCSC(F)(F)F)c1ccccc1F. The molecule has 1 N–H and O–H groups in total. The second kappa shape index (κ2) is 6.26. The molecule has 0 fully saturated rings. The van der Waals surface area contributed by atoms with Crippen molar-refractivity contribution >= 4 is 11.8 Å². The van der Waals surface area contributed by atoms with Crippen LogP contribution in [0.1, 0.15) is 18.5 Å². The van der Waals surface area contributed by atoms with E-state index in [4.69, 9.17) is 0 Å². The van der Waals surface area contributed by atoms with Gasteiger partial charge in [0.25, 0.3) is 0 Å². The second-order valence-corrected chi connectivity index (χ2v) is 4.65. The number of hydrogen-bond acceptors (Lipinski definition) is 2. The van der Waals surface area contributed by atoms with Crippen molar-refractivity contribution in [2.45, 2.75) is 18.5 Å². The summed E-state index contributed by atoms with van der Waals surface area (Å²) in [5.41, 5.74) is -3.74. The minimum absolute atomic E-state index is 0.0811. The fourth-order valence-corrected chi connectivity index (χ4v) is 1.83. The fourth-order valence-electron chi connectivity index (χ4n) is 1.38. The topological polar surface area (TPSA) is 12.0 Å². The third kappa shape index (κ3) is 5.41. The zero-order valence-electron chi connectivity index (χ0n) is 9.22. The van der Waals surface area contributed by atoms with Crippen molar-refractivity contribution in [3.63, 3.8) is 0 Å². The Labute approximate surface area is 102 Å². The molecule has 0 spiro atoms. The Balaban J connectivity index is 2.36.